The summed E-state index contributed by atoms with van der Waals surface area (Å²) in [5, 5.41) is 13.0. The van der Waals surface area contributed by atoms with Crippen LogP contribution < -0.4 is 4.90 Å². The number of thiophene rings is 1. The Balaban J connectivity index is 1.56. The third-order valence-electron chi connectivity index (χ3n) is 5.71. The van der Waals surface area contributed by atoms with Crippen molar-refractivity contribution in [2.75, 3.05) is 4.90 Å². The zero-order valence-corrected chi connectivity index (χ0v) is 18.9. The Morgan fingerprint density at radius 2 is 1.72 bits per heavy atom. The van der Waals surface area contributed by atoms with Crippen LogP contribution in [0.5, 0.6) is 0 Å². The second-order valence-corrected chi connectivity index (χ2v) is 9.35. The van der Waals surface area contributed by atoms with Gasteiger partial charge >= 0.3 is 0 Å². The maximum Gasteiger partial charge on any atom is 0.270 e. The number of non-ortho nitro benzene ring substituents is 1. The minimum absolute atomic E-state index is 0.0557. The number of β-lactam (4-membered cyclic amide) rings is 1. The molecule has 0 N–H and O–H groups in total. The van der Waals surface area contributed by atoms with Gasteiger partial charge < -0.3 is 0 Å². The zero-order valence-electron chi connectivity index (χ0n) is 16.5. The van der Waals surface area contributed by atoms with Gasteiger partial charge in [-0.15, -0.1) is 11.3 Å². The lowest BCUT2D eigenvalue weighted by Gasteiger charge is -2.49. The highest BCUT2D eigenvalue weighted by atomic mass is 79.9. The molecule has 32 heavy (non-hydrogen) atoms. The molecule has 2 aromatic carbocycles. The summed E-state index contributed by atoms with van der Waals surface area (Å²) in [5.74, 6) is -1.69. The van der Waals surface area contributed by atoms with E-state index in [2.05, 4.69) is 15.9 Å². The predicted molar refractivity (Wildman–Crippen MR) is 121 cm³/mol. The average molecular weight is 512 g/mol. The van der Waals surface area contributed by atoms with Crippen molar-refractivity contribution in [3.63, 3.8) is 0 Å². The highest BCUT2D eigenvalue weighted by molar-refractivity contribution is 9.10. The molecule has 1 saturated heterocycles. The smallest absolute Gasteiger partial charge is 0.270 e. The molecule has 3 heterocycles. The molecule has 0 unspecified atom stereocenters. The number of halogens is 1. The molecule has 2 aliphatic heterocycles. The number of nitro groups is 1. The summed E-state index contributed by atoms with van der Waals surface area (Å²) in [7, 11) is 0. The summed E-state index contributed by atoms with van der Waals surface area (Å²) in [4.78, 5) is 53.4. The molecule has 2 atom stereocenters. The van der Waals surface area contributed by atoms with Crippen LogP contribution in [0, 0.1) is 17.0 Å². The Morgan fingerprint density at radius 3 is 2.38 bits per heavy atom. The molecule has 160 valence electrons. The molecule has 0 spiro atoms. The lowest BCUT2D eigenvalue weighted by atomic mass is 9.90. The fraction of sp³-hybridized carbons (Fsp3) is 0.136. The number of hydrogen-bond donors (Lipinski definition) is 0. The van der Waals surface area contributed by atoms with E-state index >= 15 is 0 Å². The lowest BCUT2D eigenvalue weighted by molar-refractivity contribution is -0.384. The van der Waals surface area contributed by atoms with Crippen LogP contribution in [-0.2, 0) is 4.79 Å². The third kappa shape index (κ3) is 2.90. The first-order valence-electron chi connectivity index (χ1n) is 9.58. The minimum Gasteiger partial charge on any atom is -0.300 e. The van der Waals surface area contributed by atoms with Gasteiger partial charge in [-0.1, -0.05) is 22.0 Å². The quantitative estimate of drug-likeness (QED) is 0.222. The Hall–Kier alpha value is -3.37. The average Bonchev–Trinajstić information content (AvgIpc) is 3.37. The largest absolute Gasteiger partial charge is 0.300 e. The van der Waals surface area contributed by atoms with E-state index in [1.807, 2.05) is 36.6 Å². The molecule has 0 bridgehead atoms. The molecule has 2 aliphatic rings. The van der Waals surface area contributed by atoms with Gasteiger partial charge in [0.1, 0.15) is 12.1 Å². The highest BCUT2D eigenvalue weighted by Gasteiger charge is 2.57. The number of rotatable bonds is 4. The molecule has 5 rings (SSSR count). The summed E-state index contributed by atoms with van der Waals surface area (Å²) < 4.78 is 0.903. The fourth-order valence-corrected chi connectivity index (χ4v) is 5.24. The van der Waals surface area contributed by atoms with Gasteiger partial charge in [-0.25, -0.2) is 0 Å². The number of nitrogens with zero attached hydrogens (tertiary/aromatic N) is 3. The zero-order chi connectivity index (χ0) is 22.7. The van der Waals surface area contributed by atoms with Crippen molar-refractivity contribution in [1.82, 2.24) is 4.90 Å². The number of nitro benzene ring substituents is 1. The second kappa shape index (κ2) is 7.35. The third-order valence-corrected chi connectivity index (χ3v) is 7.55. The first-order chi connectivity index (χ1) is 15.3. The van der Waals surface area contributed by atoms with Crippen molar-refractivity contribution in [3.8, 4) is 0 Å². The number of carbonyl (C=O) groups is 3. The summed E-state index contributed by atoms with van der Waals surface area (Å²) in [6.45, 7) is 1.91. The number of benzene rings is 2. The van der Waals surface area contributed by atoms with Crippen molar-refractivity contribution < 1.29 is 19.3 Å². The van der Waals surface area contributed by atoms with E-state index in [1.54, 1.807) is 11.0 Å². The van der Waals surface area contributed by atoms with Gasteiger partial charge in [-0.2, -0.15) is 0 Å². The summed E-state index contributed by atoms with van der Waals surface area (Å²) >= 11 is 4.88. The summed E-state index contributed by atoms with van der Waals surface area (Å²) in [5.41, 5.74) is 1.33. The molecular formula is C22H14BrN3O5S. The number of fused-ring (bicyclic) bond motifs is 1. The lowest BCUT2D eigenvalue weighted by Crippen LogP contribution is -2.67. The van der Waals surface area contributed by atoms with Crippen molar-refractivity contribution >= 4 is 56.4 Å². The SMILES string of the molecule is Cc1cc(N2C(=O)[C@@H](N3C(=O)c4ccc([N+](=O)[O-])cc4C3=O)[C@H]2c2cccs2)ccc1Br. The molecule has 1 fully saturated rings. The van der Waals surface area contributed by atoms with Crippen LogP contribution in [0.15, 0.2) is 58.4 Å². The first kappa shape index (κ1) is 20.5. The molecule has 0 radical (unpaired) electrons. The van der Waals surface area contributed by atoms with Crippen LogP contribution >= 0.6 is 27.3 Å². The van der Waals surface area contributed by atoms with Gasteiger partial charge in [0, 0.05) is 27.2 Å². The monoisotopic (exact) mass is 511 g/mol. The van der Waals surface area contributed by atoms with Crippen molar-refractivity contribution in [1.29, 1.82) is 0 Å². The van der Waals surface area contributed by atoms with Crippen molar-refractivity contribution in [2.24, 2.45) is 0 Å². The fourth-order valence-electron chi connectivity index (χ4n) is 4.15. The number of carbonyl (C=O) groups excluding carboxylic acids is 3. The van der Waals surface area contributed by atoms with Crippen LogP contribution in [0.2, 0.25) is 0 Å². The Kier molecular flexibility index (Phi) is 4.72. The van der Waals surface area contributed by atoms with Gasteiger partial charge in [0.05, 0.1) is 16.1 Å². The van der Waals surface area contributed by atoms with Crippen LogP contribution in [0.1, 0.15) is 37.2 Å². The number of imide groups is 1. The van der Waals surface area contributed by atoms with Gasteiger partial charge in [-0.05, 0) is 48.2 Å². The molecule has 0 aliphatic carbocycles. The molecule has 1 aromatic heterocycles. The molecule has 8 nitrogen and oxygen atoms in total. The number of aryl methyl sites for hydroxylation is 1. The van der Waals surface area contributed by atoms with E-state index in [1.165, 1.54) is 23.5 Å². The topological polar surface area (TPSA) is 101 Å². The van der Waals surface area contributed by atoms with Crippen molar-refractivity contribution in [2.45, 2.75) is 19.0 Å². The standard InChI is InChI=1S/C22H14BrN3O5S/c1-11-9-12(5-7-16(11)23)24-18(17-3-2-8-32-17)19(22(24)29)25-20(27)14-6-4-13(26(30)31)10-15(14)21(25)28/h2-10,18-19H,1H3/t18-,19+/m1/s1. The van der Waals surface area contributed by atoms with Crippen LogP contribution in [-0.4, -0.2) is 33.6 Å². The molecule has 10 heteroatoms. The van der Waals surface area contributed by atoms with Gasteiger partial charge in [0.25, 0.3) is 23.4 Å². The maximum absolute atomic E-state index is 13.3. The Bertz CT molecular complexity index is 1320. The normalized spacial score (nSPS) is 19.9. The second-order valence-electron chi connectivity index (χ2n) is 7.51. The molecular weight excluding hydrogens is 498 g/mol. The van der Waals surface area contributed by atoms with E-state index < -0.39 is 28.8 Å². The number of anilines is 1. The van der Waals surface area contributed by atoms with Crippen LogP contribution in [0.25, 0.3) is 0 Å². The van der Waals surface area contributed by atoms with Crippen molar-refractivity contribution in [3.05, 3.63) is 90.1 Å². The van der Waals surface area contributed by atoms with E-state index in [9.17, 15) is 24.5 Å². The number of amides is 3. The van der Waals surface area contributed by atoms with E-state index in [4.69, 9.17) is 0 Å². The maximum atomic E-state index is 13.3. The Labute approximate surface area is 194 Å². The van der Waals surface area contributed by atoms with Crippen LogP contribution in [0.4, 0.5) is 11.4 Å². The van der Waals surface area contributed by atoms with Gasteiger partial charge in [0.2, 0.25) is 0 Å². The molecule has 0 saturated carbocycles. The summed E-state index contributed by atoms with van der Waals surface area (Å²) in [6.07, 6.45) is 0. The van der Waals surface area contributed by atoms with Gasteiger partial charge in [-0.3, -0.25) is 34.3 Å². The minimum atomic E-state index is -1.02. The van der Waals surface area contributed by atoms with E-state index in [0.29, 0.717) is 5.69 Å². The predicted octanol–water partition coefficient (Wildman–Crippen LogP) is 4.48. The Morgan fingerprint density at radius 1 is 0.969 bits per heavy atom. The van der Waals surface area contributed by atoms with Gasteiger partial charge in [0.15, 0.2) is 0 Å². The summed E-state index contributed by atoms with van der Waals surface area (Å²) in [6, 6.07) is 11.2. The van der Waals surface area contributed by atoms with Crippen LogP contribution in [0.3, 0.4) is 0 Å². The highest BCUT2D eigenvalue weighted by Crippen LogP contribution is 2.46. The number of hydrogen-bond acceptors (Lipinski definition) is 6. The molecule has 3 amide bonds. The first-order valence-corrected chi connectivity index (χ1v) is 11.3. The molecule has 3 aromatic rings. The van der Waals surface area contributed by atoms with E-state index in [0.717, 1.165) is 25.9 Å². The van der Waals surface area contributed by atoms with E-state index in [-0.39, 0.29) is 22.7 Å².